The molecule has 2 saturated heterocycles. The summed E-state index contributed by atoms with van der Waals surface area (Å²) in [5.74, 6) is 1.44. The molecule has 1 aromatic carbocycles. The van der Waals surface area contributed by atoms with Gasteiger partial charge in [-0.15, -0.1) is 0 Å². The lowest BCUT2D eigenvalue weighted by molar-refractivity contribution is -0.137. The minimum absolute atomic E-state index is 0.00963. The summed E-state index contributed by atoms with van der Waals surface area (Å²) in [6.07, 6.45) is -1.42. The van der Waals surface area contributed by atoms with Crippen LogP contribution >= 0.6 is 0 Å². The normalized spacial score (nSPS) is 19.1. The predicted octanol–water partition coefficient (Wildman–Crippen LogP) is 2.45. The molecule has 2 aliphatic rings. The number of hydrogen-bond donors (Lipinski definition) is 0. The maximum absolute atomic E-state index is 12.6. The van der Waals surface area contributed by atoms with Gasteiger partial charge in [-0.2, -0.15) is 17.5 Å². The number of pyridine rings is 1. The third-order valence-corrected chi connectivity index (χ3v) is 6.97. The van der Waals surface area contributed by atoms with Crippen LogP contribution in [0.1, 0.15) is 11.1 Å². The zero-order valence-corrected chi connectivity index (χ0v) is 18.4. The molecule has 3 heterocycles. The van der Waals surface area contributed by atoms with Crippen molar-refractivity contribution >= 4 is 15.8 Å². The quantitative estimate of drug-likeness (QED) is 0.646. The molecule has 0 amide bonds. The Balaban J connectivity index is 1.22. The summed E-state index contributed by atoms with van der Waals surface area (Å²) in [5.41, 5.74) is 0.192. The van der Waals surface area contributed by atoms with Crippen molar-refractivity contribution in [1.82, 2.24) is 14.2 Å². The molecule has 7 nitrogen and oxygen atoms in total. The van der Waals surface area contributed by atoms with Gasteiger partial charge < -0.3 is 9.64 Å². The summed E-state index contributed by atoms with van der Waals surface area (Å²) in [5, 5.41) is 0. The fourth-order valence-corrected chi connectivity index (χ4v) is 4.68. The van der Waals surface area contributed by atoms with Gasteiger partial charge in [-0.05, 0) is 29.8 Å². The summed E-state index contributed by atoms with van der Waals surface area (Å²) >= 11 is 0. The Morgan fingerprint density at radius 1 is 1.03 bits per heavy atom. The molecule has 32 heavy (non-hydrogen) atoms. The van der Waals surface area contributed by atoms with E-state index < -0.39 is 21.8 Å². The molecule has 0 aliphatic carbocycles. The fourth-order valence-electron chi connectivity index (χ4n) is 3.85. The molecule has 0 bridgehead atoms. The van der Waals surface area contributed by atoms with Crippen molar-refractivity contribution < 1.29 is 26.3 Å². The van der Waals surface area contributed by atoms with Crippen molar-refractivity contribution in [2.75, 3.05) is 50.4 Å². The average molecular weight is 471 g/mol. The van der Waals surface area contributed by atoms with Crippen molar-refractivity contribution in [3.8, 4) is 5.75 Å². The van der Waals surface area contributed by atoms with Crippen LogP contribution in [0.25, 0.3) is 0 Å². The van der Waals surface area contributed by atoms with E-state index in [-0.39, 0.29) is 6.10 Å². The lowest BCUT2D eigenvalue weighted by Gasteiger charge is -2.39. The second-order valence-corrected chi connectivity index (χ2v) is 10.1. The minimum Gasteiger partial charge on any atom is -0.486 e. The minimum atomic E-state index is -4.32. The number of alkyl halides is 3. The van der Waals surface area contributed by atoms with Gasteiger partial charge in [0.2, 0.25) is 10.0 Å². The van der Waals surface area contributed by atoms with Crippen molar-refractivity contribution in [3.63, 3.8) is 0 Å². The predicted molar refractivity (Wildman–Crippen MR) is 114 cm³/mol. The van der Waals surface area contributed by atoms with E-state index in [0.717, 1.165) is 23.5 Å². The van der Waals surface area contributed by atoms with Crippen LogP contribution in [0.5, 0.6) is 5.75 Å². The zero-order chi connectivity index (χ0) is 22.9. The topological polar surface area (TPSA) is 66.0 Å². The van der Waals surface area contributed by atoms with E-state index in [9.17, 15) is 21.6 Å². The molecule has 0 spiro atoms. The Kier molecular flexibility index (Phi) is 6.33. The average Bonchev–Trinajstić information content (AvgIpc) is 2.72. The number of nitrogens with zero attached hydrogens (tertiary/aromatic N) is 4. The van der Waals surface area contributed by atoms with Crippen LogP contribution in [0, 0.1) is 0 Å². The molecule has 1 aromatic heterocycles. The molecule has 0 saturated carbocycles. The Morgan fingerprint density at radius 2 is 1.69 bits per heavy atom. The van der Waals surface area contributed by atoms with Crippen LogP contribution in [0.3, 0.4) is 0 Å². The monoisotopic (exact) mass is 470 g/mol. The highest BCUT2D eigenvalue weighted by Crippen LogP contribution is 2.29. The van der Waals surface area contributed by atoms with E-state index in [1.807, 2.05) is 17.0 Å². The molecule has 0 radical (unpaired) electrons. The number of anilines is 1. The highest BCUT2D eigenvalue weighted by Gasteiger charge is 2.31. The Morgan fingerprint density at radius 3 is 2.22 bits per heavy atom. The van der Waals surface area contributed by atoms with E-state index in [2.05, 4.69) is 9.88 Å². The molecule has 2 aliphatic heterocycles. The smallest absolute Gasteiger partial charge is 0.416 e. The van der Waals surface area contributed by atoms with Crippen molar-refractivity contribution in [3.05, 3.63) is 53.7 Å². The van der Waals surface area contributed by atoms with Crippen molar-refractivity contribution in [2.24, 2.45) is 0 Å². The first-order chi connectivity index (χ1) is 15.1. The van der Waals surface area contributed by atoms with Crippen LogP contribution in [0.15, 0.2) is 42.6 Å². The molecule has 0 N–H and O–H groups in total. The summed E-state index contributed by atoms with van der Waals surface area (Å²) in [4.78, 5) is 8.59. The summed E-state index contributed by atoms with van der Waals surface area (Å²) in [6.45, 7) is 4.01. The number of sulfonamides is 1. The highest BCUT2D eigenvalue weighted by molar-refractivity contribution is 7.88. The van der Waals surface area contributed by atoms with Gasteiger partial charge in [-0.25, -0.2) is 13.4 Å². The molecule has 11 heteroatoms. The number of piperazine rings is 1. The standard InChI is InChI=1S/C21H25F3N4O3S/c1-32(29,30)28-10-8-27(9-11-28)20-7-6-18(12-25-20)31-19-14-26(15-19)13-16-2-4-17(5-3-16)21(22,23)24/h2-7,12,19H,8-11,13-15H2,1H3. The zero-order valence-electron chi connectivity index (χ0n) is 17.6. The maximum Gasteiger partial charge on any atom is 0.416 e. The van der Waals surface area contributed by atoms with Gasteiger partial charge in [0.15, 0.2) is 0 Å². The molecule has 2 fully saturated rings. The van der Waals surface area contributed by atoms with Crippen LogP contribution in [0.2, 0.25) is 0 Å². The molecular weight excluding hydrogens is 445 g/mol. The van der Waals surface area contributed by atoms with Crippen LogP contribution in [-0.2, 0) is 22.7 Å². The van der Waals surface area contributed by atoms with Crippen LogP contribution in [-0.4, -0.2) is 74.2 Å². The number of rotatable bonds is 6. The van der Waals surface area contributed by atoms with Gasteiger partial charge in [0.25, 0.3) is 0 Å². The molecule has 174 valence electrons. The highest BCUT2D eigenvalue weighted by atomic mass is 32.2. The van der Waals surface area contributed by atoms with Gasteiger partial charge in [0.1, 0.15) is 17.7 Å². The second kappa shape index (κ2) is 8.87. The van der Waals surface area contributed by atoms with E-state index in [0.29, 0.717) is 51.6 Å². The van der Waals surface area contributed by atoms with Crippen molar-refractivity contribution in [2.45, 2.75) is 18.8 Å². The first-order valence-electron chi connectivity index (χ1n) is 10.3. The van der Waals surface area contributed by atoms with E-state index in [1.54, 1.807) is 6.20 Å². The third-order valence-electron chi connectivity index (χ3n) is 5.67. The fraction of sp³-hybridized carbons (Fsp3) is 0.476. The van der Waals surface area contributed by atoms with Gasteiger partial charge >= 0.3 is 6.18 Å². The lowest BCUT2D eigenvalue weighted by atomic mass is 10.1. The number of aromatic nitrogens is 1. The SMILES string of the molecule is CS(=O)(=O)N1CCN(c2ccc(OC3CN(Cc4ccc(C(F)(F)F)cc4)C3)cn2)CC1. The van der Waals surface area contributed by atoms with Gasteiger partial charge in [-0.1, -0.05) is 12.1 Å². The van der Waals surface area contributed by atoms with E-state index in [1.165, 1.54) is 22.7 Å². The third kappa shape index (κ3) is 5.51. The largest absolute Gasteiger partial charge is 0.486 e. The van der Waals surface area contributed by atoms with Crippen molar-refractivity contribution in [1.29, 1.82) is 0 Å². The first-order valence-corrected chi connectivity index (χ1v) is 12.1. The van der Waals surface area contributed by atoms with Crippen LogP contribution < -0.4 is 9.64 Å². The molecular formula is C21H25F3N4O3S. The number of halogens is 3. The van der Waals surface area contributed by atoms with Crippen LogP contribution in [0.4, 0.5) is 19.0 Å². The summed E-state index contributed by atoms with van der Waals surface area (Å²) < 4.78 is 68.6. The second-order valence-electron chi connectivity index (χ2n) is 8.13. The first kappa shape index (κ1) is 22.8. The summed E-state index contributed by atoms with van der Waals surface area (Å²) in [6, 6.07) is 8.95. The van der Waals surface area contributed by atoms with E-state index in [4.69, 9.17) is 4.74 Å². The maximum atomic E-state index is 12.6. The molecule has 2 aromatic rings. The van der Waals surface area contributed by atoms with E-state index >= 15 is 0 Å². The number of ether oxygens (including phenoxy) is 1. The Hall–Kier alpha value is -2.37. The lowest BCUT2D eigenvalue weighted by Crippen LogP contribution is -2.53. The number of benzene rings is 1. The molecule has 0 unspecified atom stereocenters. The Labute approximate surface area is 185 Å². The van der Waals surface area contributed by atoms with Gasteiger partial charge in [0, 0.05) is 45.8 Å². The molecule has 0 atom stereocenters. The summed E-state index contributed by atoms with van der Waals surface area (Å²) in [7, 11) is -3.16. The number of likely N-dealkylation sites (tertiary alicyclic amines) is 1. The molecule has 4 rings (SSSR count). The van der Waals surface area contributed by atoms with Gasteiger partial charge in [-0.3, -0.25) is 4.90 Å². The Bertz CT molecular complexity index is 1020. The van der Waals surface area contributed by atoms with Gasteiger partial charge in [0.05, 0.1) is 18.0 Å². The number of hydrogen-bond acceptors (Lipinski definition) is 6.